The van der Waals surface area contributed by atoms with Crippen molar-refractivity contribution < 1.29 is 34.4 Å². The molecule has 132 valence electrons. The van der Waals surface area contributed by atoms with E-state index in [0.717, 1.165) is 5.56 Å². The Labute approximate surface area is 139 Å². The summed E-state index contributed by atoms with van der Waals surface area (Å²) in [6.45, 7) is 3.43. The second-order valence-corrected chi connectivity index (χ2v) is 6.31. The molecule has 7 heteroatoms. The lowest BCUT2D eigenvalue weighted by Crippen LogP contribution is -2.26. The Bertz CT molecular complexity index is 676. The zero-order valence-electron chi connectivity index (χ0n) is 14.0. The number of cyclic esters (lactones) is 1. The number of esters is 1. The lowest BCUT2D eigenvalue weighted by Gasteiger charge is -2.24. The average Bonchev–Trinajstić information content (AvgIpc) is 2.90. The van der Waals surface area contributed by atoms with Crippen molar-refractivity contribution in [3.05, 3.63) is 22.3 Å². The van der Waals surface area contributed by atoms with Gasteiger partial charge in [-0.3, -0.25) is 4.79 Å². The minimum atomic E-state index is -1.21. The van der Waals surface area contributed by atoms with E-state index >= 15 is 0 Å². The maximum Gasteiger partial charge on any atom is 0.342 e. The van der Waals surface area contributed by atoms with Crippen LogP contribution in [0.3, 0.4) is 0 Å². The Morgan fingerprint density at radius 2 is 2.04 bits per heavy atom. The number of phenols is 1. The summed E-state index contributed by atoms with van der Waals surface area (Å²) < 4.78 is 10.4. The molecule has 0 saturated carbocycles. The molecule has 0 spiro atoms. The SMILES string of the molecule is COc1c(C)c2c(c(O)c1CCC(C)(O)CCC(=O)O)C(=O)OC2. The van der Waals surface area contributed by atoms with E-state index in [2.05, 4.69) is 0 Å². The lowest BCUT2D eigenvalue weighted by atomic mass is 9.89. The molecule has 0 radical (unpaired) electrons. The van der Waals surface area contributed by atoms with E-state index in [1.54, 1.807) is 13.8 Å². The number of aliphatic carboxylic acids is 1. The first-order valence-electron chi connectivity index (χ1n) is 7.70. The molecular formula is C17H22O7. The zero-order chi connectivity index (χ0) is 18.1. The Morgan fingerprint density at radius 1 is 1.38 bits per heavy atom. The first-order valence-corrected chi connectivity index (χ1v) is 7.70. The highest BCUT2D eigenvalue weighted by atomic mass is 16.5. The quantitative estimate of drug-likeness (QED) is 0.651. The van der Waals surface area contributed by atoms with E-state index in [4.69, 9.17) is 14.6 Å². The number of carbonyl (C=O) groups is 2. The minimum Gasteiger partial charge on any atom is -0.507 e. The summed E-state index contributed by atoms with van der Waals surface area (Å²) in [7, 11) is 1.47. The number of methoxy groups -OCH3 is 1. The number of hydrogen-bond donors (Lipinski definition) is 3. The maximum atomic E-state index is 11.8. The van der Waals surface area contributed by atoms with Crippen LogP contribution in [-0.2, 0) is 22.6 Å². The van der Waals surface area contributed by atoms with Gasteiger partial charge in [0.05, 0.1) is 12.7 Å². The molecule has 1 aliphatic heterocycles. The van der Waals surface area contributed by atoms with Crippen LogP contribution in [0, 0.1) is 6.92 Å². The molecule has 1 aliphatic rings. The van der Waals surface area contributed by atoms with Gasteiger partial charge in [0.1, 0.15) is 23.7 Å². The Kier molecular flexibility index (Phi) is 5.03. The van der Waals surface area contributed by atoms with Gasteiger partial charge in [-0.05, 0) is 38.7 Å². The lowest BCUT2D eigenvalue weighted by molar-refractivity contribution is -0.138. The van der Waals surface area contributed by atoms with Crippen LogP contribution in [0.4, 0.5) is 0 Å². The number of carbonyl (C=O) groups excluding carboxylic acids is 1. The fourth-order valence-electron chi connectivity index (χ4n) is 2.97. The molecule has 1 heterocycles. The molecule has 3 N–H and O–H groups in total. The number of phenolic OH excluding ortho intramolecular Hbond substituents is 1. The van der Waals surface area contributed by atoms with E-state index in [-0.39, 0.29) is 43.6 Å². The number of carboxylic acid groups (broad SMARTS) is 1. The van der Waals surface area contributed by atoms with Gasteiger partial charge in [0.2, 0.25) is 0 Å². The van der Waals surface area contributed by atoms with Gasteiger partial charge in [-0.1, -0.05) is 0 Å². The molecule has 0 bridgehead atoms. The fourth-order valence-corrected chi connectivity index (χ4v) is 2.97. The summed E-state index contributed by atoms with van der Waals surface area (Å²) in [5.41, 5.74) is 0.687. The second-order valence-electron chi connectivity index (χ2n) is 6.31. The zero-order valence-corrected chi connectivity index (χ0v) is 14.0. The van der Waals surface area contributed by atoms with Crippen molar-refractivity contribution in [2.75, 3.05) is 7.11 Å². The van der Waals surface area contributed by atoms with Gasteiger partial charge in [-0.25, -0.2) is 4.79 Å². The third-order valence-electron chi connectivity index (χ3n) is 4.44. The van der Waals surface area contributed by atoms with Crippen molar-refractivity contribution >= 4 is 11.9 Å². The molecule has 0 fully saturated rings. The molecule has 0 amide bonds. The smallest absolute Gasteiger partial charge is 0.342 e. The molecule has 1 unspecified atom stereocenters. The van der Waals surface area contributed by atoms with Gasteiger partial charge in [-0.15, -0.1) is 0 Å². The number of aromatic hydroxyl groups is 1. The molecule has 2 rings (SSSR count). The monoisotopic (exact) mass is 338 g/mol. The summed E-state index contributed by atoms with van der Waals surface area (Å²) >= 11 is 0. The van der Waals surface area contributed by atoms with Gasteiger partial charge in [0.25, 0.3) is 0 Å². The minimum absolute atomic E-state index is 0.0946. The molecule has 24 heavy (non-hydrogen) atoms. The normalized spacial score (nSPS) is 15.6. The first-order chi connectivity index (χ1) is 11.2. The standard InChI is InChI=1S/C17H22O7/c1-9-11-8-24-16(21)13(11)14(20)10(15(9)23-3)4-6-17(2,22)7-5-12(18)19/h20,22H,4-8H2,1-3H3,(H,18,19). The molecule has 1 aromatic carbocycles. The van der Waals surface area contributed by atoms with Crippen molar-refractivity contribution in [2.45, 2.75) is 51.7 Å². The molecule has 0 saturated heterocycles. The van der Waals surface area contributed by atoms with Crippen LogP contribution in [0.15, 0.2) is 0 Å². The number of carboxylic acids is 1. The highest BCUT2D eigenvalue weighted by molar-refractivity contribution is 5.98. The molecular weight excluding hydrogens is 316 g/mol. The summed E-state index contributed by atoms with van der Waals surface area (Å²) in [6, 6.07) is 0. The average molecular weight is 338 g/mol. The van der Waals surface area contributed by atoms with E-state index in [1.807, 2.05) is 0 Å². The van der Waals surface area contributed by atoms with Crippen molar-refractivity contribution in [1.29, 1.82) is 0 Å². The molecule has 1 atom stereocenters. The van der Waals surface area contributed by atoms with E-state index in [0.29, 0.717) is 16.9 Å². The number of fused-ring (bicyclic) bond motifs is 1. The summed E-state index contributed by atoms with van der Waals surface area (Å²) in [6.07, 6.45) is 0.406. The van der Waals surface area contributed by atoms with Crippen molar-refractivity contribution in [1.82, 2.24) is 0 Å². The summed E-state index contributed by atoms with van der Waals surface area (Å²) in [4.78, 5) is 22.5. The molecule has 7 nitrogen and oxygen atoms in total. The number of hydrogen-bond acceptors (Lipinski definition) is 6. The van der Waals surface area contributed by atoms with E-state index in [1.165, 1.54) is 7.11 Å². The van der Waals surface area contributed by atoms with Gasteiger partial charge in [-0.2, -0.15) is 0 Å². The summed E-state index contributed by atoms with van der Waals surface area (Å²) in [5, 5.41) is 29.5. The molecule has 0 aromatic heterocycles. The predicted molar refractivity (Wildman–Crippen MR) is 84.3 cm³/mol. The van der Waals surface area contributed by atoms with Crippen LogP contribution < -0.4 is 4.74 Å². The van der Waals surface area contributed by atoms with Crippen molar-refractivity contribution in [3.63, 3.8) is 0 Å². The van der Waals surface area contributed by atoms with Crippen LogP contribution in [0.2, 0.25) is 0 Å². The third-order valence-corrected chi connectivity index (χ3v) is 4.44. The number of benzene rings is 1. The Hall–Kier alpha value is -2.28. The van der Waals surface area contributed by atoms with Crippen LogP contribution in [-0.4, -0.2) is 40.0 Å². The number of aliphatic hydroxyl groups is 1. The highest BCUT2D eigenvalue weighted by Crippen LogP contribution is 2.42. The largest absolute Gasteiger partial charge is 0.507 e. The highest BCUT2D eigenvalue weighted by Gasteiger charge is 2.33. The Morgan fingerprint density at radius 3 is 2.62 bits per heavy atom. The number of ether oxygens (including phenoxy) is 2. The van der Waals surface area contributed by atoms with Crippen LogP contribution in [0.5, 0.6) is 11.5 Å². The topological polar surface area (TPSA) is 113 Å². The van der Waals surface area contributed by atoms with Crippen LogP contribution >= 0.6 is 0 Å². The van der Waals surface area contributed by atoms with Gasteiger partial charge < -0.3 is 24.8 Å². The Balaban J connectivity index is 2.30. The molecule has 0 aliphatic carbocycles. The maximum absolute atomic E-state index is 11.8. The second kappa shape index (κ2) is 6.68. The van der Waals surface area contributed by atoms with Gasteiger partial charge >= 0.3 is 11.9 Å². The first kappa shape index (κ1) is 18.1. The third kappa shape index (κ3) is 3.46. The van der Waals surface area contributed by atoms with Gasteiger partial charge in [0.15, 0.2) is 0 Å². The molecule has 1 aromatic rings. The van der Waals surface area contributed by atoms with Gasteiger partial charge in [0, 0.05) is 17.5 Å². The van der Waals surface area contributed by atoms with Crippen LogP contribution in [0.1, 0.15) is 53.2 Å². The van der Waals surface area contributed by atoms with Crippen LogP contribution in [0.25, 0.3) is 0 Å². The van der Waals surface area contributed by atoms with E-state index in [9.17, 15) is 19.8 Å². The van der Waals surface area contributed by atoms with Crippen molar-refractivity contribution in [3.8, 4) is 11.5 Å². The predicted octanol–water partition coefficient (Wildman–Crippen LogP) is 1.93. The number of rotatable bonds is 7. The van der Waals surface area contributed by atoms with Crippen molar-refractivity contribution in [2.24, 2.45) is 0 Å². The fraction of sp³-hybridized carbons (Fsp3) is 0.529. The summed E-state index contributed by atoms with van der Waals surface area (Å²) in [5.74, 6) is -1.29. The van der Waals surface area contributed by atoms with E-state index < -0.39 is 17.5 Å².